The van der Waals surface area contributed by atoms with E-state index in [1.165, 1.54) is 0 Å². The van der Waals surface area contributed by atoms with Crippen LogP contribution in [0.5, 0.6) is 0 Å². The third-order valence-corrected chi connectivity index (χ3v) is 4.49. The molecule has 0 unspecified atom stereocenters. The van der Waals surface area contributed by atoms with Gasteiger partial charge in [0.25, 0.3) is 0 Å². The maximum atomic E-state index is 11.8. The molecule has 5 N–H and O–H groups in total. The molecule has 0 aliphatic carbocycles. The Morgan fingerprint density at radius 3 is 2.55 bits per heavy atom. The van der Waals surface area contributed by atoms with Crippen molar-refractivity contribution in [3.63, 3.8) is 0 Å². The van der Waals surface area contributed by atoms with Crippen LogP contribution < -0.4 is 11.1 Å². The second kappa shape index (κ2) is 8.92. The molecular weight excluding hydrogens is 374 g/mol. The summed E-state index contributed by atoms with van der Waals surface area (Å²) < 4.78 is 5.14. The number of H-pyrrole nitrogens is 1. The molecule has 1 heterocycles. The maximum Gasteiger partial charge on any atom is 0.407 e. The molecule has 2 amide bonds. The first-order chi connectivity index (χ1) is 14.0. The van der Waals surface area contributed by atoms with Crippen LogP contribution in [0.3, 0.4) is 0 Å². The van der Waals surface area contributed by atoms with Crippen LogP contribution in [0.25, 0.3) is 10.9 Å². The van der Waals surface area contributed by atoms with Gasteiger partial charge in [-0.25, -0.2) is 9.59 Å². The van der Waals surface area contributed by atoms with Crippen LogP contribution in [0.2, 0.25) is 0 Å². The average molecular weight is 395 g/mol. The number of aromatic nitrogens is 1. The van der Waals surface area contributed by atoms with Crippen molar-refractivity contribution in [1.82, 2.24) is 10.3 Å². The van der Waals surface area contributed by atoms with Crippen molar-refractivity contribution in [3.05, 3.63) is 70.9 Å². The summed E-state index contributed by atoms with van der Waals surface area (Å²) in [6, 6.07) is 14.1. The van der Waals surface area contributed by atoms with Crippen molar-refractivity contribution < 1.29 is 24.2 Å². The van der Waals surface area contributed by atoms with Crippen LogP contribution in [-0.2, 0) is 17.8 Å². The molecule has 3 aromatic rings. The molecule has 0 radical (unpaired) electrons. The number of carbonyl (C=O) groups is 3. The average Bonchev–Trinajstić information content (AvgIpc) is 3.08. The number of alkyl carbamates (subject to hydrolysis) is 1. The van der Waals surface area contributed by atoms with Crippen LogP contribution in [0, 0.1) is 0 Å². The lowest BCUT2D eigenvalue weighted by Crippen LogP contribution is -2.25. The van der Waals surface area contributed by atoms with Crippen molar-refractivity contribution in [2.45, 2.75) is 19.4 Å². The smallest absolute Gasteiger partial charge is 0.407 e. The number of nitrogens with one attached hydrogen (secondary N) is 2. The molecule has 1 aromatic heterocycles. The zero-order chi connectivity index (χ0) is 20.8. The maximum absolute atomic E-state index is 11.8. The number of carboxylic acids is 1. The van der Waals surface area contributed by atoms with E-state index >= 15 is 0 Å². The number of primary amides is 1. The van der Waals surface area contributed by atoms with Crippen molar-refractivity contribution in [2.24, 2.45) is 5.73 Å². The SMILES string of the molecule is NC(=O)c1ccc2[nH]c(C(=O)O)c(CCCNC(=O)OCc3ccccc3)c2c1. The lowest BCUT2D eigenvalue weighted by atomic mass is 10.0. The predicted molar refractivity (Wildman–Crippen MR) is 107 cm³/mol. The number of aryl methyl sites for hydroxylation is 1. The van der Waals surface area contributed by atoms with Gasteiger partial charge in [0.05, 0.1) is 0 Å². The van der Waals surface area contributed by atoms with E-state index in [4.69, 9.17) is 10.5 Å². The highest BCUT2D eigenvalue weighted by Gasteiger charge is 2.18. The van der Waals surface area contributed by atoms with Gasteiger partial charge in [-0.05, 0) is 42.2 Å². The molecule has 3 rings (SSSR count). The highest BCUT2D eigenvalue weighted by Crippen LogP contribution is 2.25. The van der Waals surface area contributed by atoms with E-state index in [0.717, 1.165) is 5.56 Å². The van der Waals surface area contributed by atoms with Crippen LogP contribution in [-0.4, -0.2) is 34.6 Å². The van der Waals surface area contributed by atoms with E-state index in [0.29, 0.717) is 41.4 Å². The number of rotatable bonds is 8. The first-order valence-electron chi connectivity index (χ1n) is 9.08. The number of aromatic amines is 1. The molecule has 0 fully saturated rings. The minimum absolute atomic E-state index is 0.0632. The lowest BCUT2D eigenvalue weighted by Gasteiger charge is -2.07. The molecule has 0 bridgehead atoms. The van der Waals surface area contributed by atoms with Crippen molar-refractivity contribution in [3.8, 4) is 0 Å². The van der Waals surface area contributed by atoms with Crippen LogP contribution >= 0.6 is 0 Å². The first-order valence-corrected chi connectivity index (χ1v) is 9.08. The van der Waals surface area contributed by atoms with Crippen molar-refractivity contribution >= 4 is 28.9 Å². The standard InChI is InChI=1S/C21H21N3O5/c22-19(25)14-8-9-17-16(11-14)15(18(24-17)20(26)27)7-4-10-23-21(28)29-12-13-5-2-1-3-6-13/h1-3,5-6,8-9,11,24H,4,7,10,12H2,(H2,22,25)(H,23,28)(H,26,27). The molecule has 0 saturated heterocycles. The highest BCUT2D eigenvalue weighted by molar-refractivity contribution is 6.01. The molecular formula is C21H21N3O5. The number of carboxylic acid groups (broad SMARTS) is 1. The number of ether oxygens (including phenoxy) is 1. The Balaban J connectivity index is 1.60. The summed E-state index contributed by atoms with van der Waals surface area (Å²) in [5.41, 5.74) is 7.75. The second-order valence-corrected chi connectivity index (χ2v) is 6.50. The van der Waals surface area contributed by atoms with Crippen molar-refractivity contribution in [2.75, 3.05) is 6.54 Å². The van der Waals surface area contributed by atoms with Crippen molar-refractivity contribution in [1.29, 1.82) is 0 Å². The van der Waals surface area contributed by atoms with Gasteiger partial charge in [-0.3, -0.25) is 4.79 Å². The fourth-order valence-corrected chi connectivity index (χ4v) is 3.07. The quantitative estimate of drug-likeness (QED) is 0.435. The van der Waals surface area contributed by atoms with Gasteiger partial charge in [0, 0.05) is 23.0 Å². The largest absolute Gasteiger partial charge is 0.477 e. The Bertz CT molecular complexity index is 1040. The van der Waals surface area contributed by atoms with Crippen LogP contribution in [0.4, 0.5) is 4.79 Å². The second-order valence-electron chi connectivity index (χ2n) is 6.50. The number of aromatic carboxylic acids is 1. The molecule has 2 aromatic carbocycles. The number of hydrogen-bond acceptors (Lipinski definition) is 4. The molecule has 150 valence electrons. The number of fused-ring (bicyclic) bond motifs is 1. The Morgan fingerprint density at radius 2 is 1.86 bits per heavy atom. The third kappa shape index (κ3) is 4.92. The fraction of sp³-hybridized carbons (Fsp3) is 0.190. The third-order valence-electron chi connectivity index (χ3n) is 4.49. The molecule has 0 saturated carbocycles. The predicted octanol–water partition coefficient (Wildman–Crippen LogP) is 2.82. The zero-order valence-electron chi connectivity index (χ0n) is 15.6. The minimum atomic E-state index is -1.09. The lowest BCUT2D eigenvalue weighted by molar-refractivity contribution is 0.0690. The van der Waals surface area contributed by atoms with Gasteiger partial charge < -0.3 is 25.9 Å². The summed E-state index contributed by atoms with van der Waals surface area (Å²) in [6.07, 6.45) is 0.347. The zero-order valence-corrected chi connectivity index (χ0v) is 15.6. The molecule has 0 atom stereocenters. The first kappa shape index (κ1) is 19.9. The van der Waals surface area contributed by atoms with E-state index in [1.54, 1.807) is 18.2 Å². The summed E-state index contributed by atoms with van der Waals surface area (Å²) in [7, 11) is 0. The topological polar surface area (TPSA) is 135 Å². The van der Waals surface area contributed by atoms with Gasteiger partial charge >= 0.3 is 12.1 Å². The Morgan fingerprint density at radius 1 is 1.10 bits per heavy atom. The fourth-order valence-electron chi connectivity index (χ4n) is 3.07. The number of nitrogens with two attached hydrogens (primary N) is 1. The Kier molecular flexibility index (Phi) is 6.13. The van der Waals surface area contributed by atoms with E-state index in [2.05, 4.69) is 10.3 Å². The van der Waals surface area contributed by atoms with Gasteiger partial charge in [0.15, 0.2) is 0 Å². The molecule has 0 aliphatic rings. The normalized spacial score (nSPS) is 10.6. The Hall–Kier alpha value is -3.81. The summed E-state index contributed by atoms with van der Waals surface area (Å²) in [6.45, 7) is 0.489. The van der Waals surface area contributed by atoms with E-state index in [-0.39, 0.29) is 12.3 Å². The van der Waals surface area contributed by atoms with Gasteiger partial charge in [-0.1, -0.05) is 30.3 Å². The monoisotopic (exact) mass is 395 g/mol. The summed E-state index contributed by atoms with van der Waals surface area (Å²) in [4.78, 5) is 37.6. The molecule has 29 heavy (non-hydrogen) atoms. The summed E-state index contributed by atoms with van der Waals surface area (Å²) >= 11 is 0. The minimum Gasteiger partial charge on any atom is -0.477 e. The number of hydrogen-bond donors (Lipinski definition) is 4. The highest BCUT2D eigenvalue weighted by atomic mass is 16.5. The molecule has 8 heteroatoms. The van der Waals surface area contributed by atoms with E-state index < -0.39 is 18.0 Å². The van der Waals surface area contributed by atoms with E-state index in [9.17, 15) is 19.5 Å². The summed E-state index contributed by atoms with van der Waals surface area (Å²) in [5, 5.41) is 12.7. The van der Waals surface area contributed by atoms with Crippen LogP contribution in [0.15, 0.2) is 48.5 Å². The number of carbonyl (C=O) groups excluding carboxylic acids is 2. The molecule has 8 nitrogen and oxygen atoms in total. The van der Waals surface area contributed by atoms with Gasteiger partial charge in [-0.15, -0.1) is 0 Å². The molecule has 0 spiro atoms. The van der Waals surface area contributed by atoms with Crippen LogP contribution in [0.1, 0.15) is 38.4 Å². The number of amides is 2. The Labute approximate surface area is 166 Å². The van der Waals surface area contributed by atoms with Gasteiger partial charge in [0.2, 0.25) is 5.91 Å². The summed E-state index contributed by atoms with van der Waals surface area (Å²) in [5.74, 6) is -1.68. The van der Waals surface area contributed by atoms with Gasteiger partial charge in [0.1, 0.15) is 12.3 Å². The molecule has 0 aliphatic heterocycles. The van der Waals surface area contributed by atoms with E-state index in [1.807, 2.05) is 30.3 Å². The number of benzene rings is 2. The van der Waals surface area contributed by atoms with Gasteiger partial charge in [-0.2, -0.15) is 0 Å².